The van der Waals surface area contributed by atoms with Gasteiger partial charge in [-0.2, -0.15) is 0 Å². The van der Waals surface area contributed by atoms with Crippen LogP contribution in [0.15, 0.2) is 212 Å². The van der Waals surface area contributed by atoms with E-state index >= 15 is 0 Å². The summed E-state index contributed by atoms with van der Waals surface area (Å²) in [5.41, 5.74) is 16.8. The molecule has 240 valence electrons. The van der Waals surface area contributed by atoms with Gasteiger partial charge in [0.25, 0.3) is 0 Å². The van der Waals surface area contributed by atoms with E-state index in [2.05, 4.69) is 217 Å². The predicted octanol–water partition coefficient (Wildman–Crippen LogP) is 13.6. The topological polar surface area (TPSA) is 4.93 Å². The third-order valence-corrected chi connectivity index (χ3v) is 9.84. The Morgan fingerprint density at radius 1 is 0.255 bits per heavy atom. The van der Waals surface area contributed by atoms with Crippen molar-refractivity contribution >= 4 is 10.9 Å². The molecule has 0 saturated heterocycles. The molecule has 0 saturated carbocycles. The average Bonchev–Trinajstić information content (AvgIpc) is 3.61. The second kappa shape index (κ2) is 13.3. The van der Waals surface area contributed by atoms with Crippen molar-refractivity contribution < 1.29 is 0 Å². The normalized spacial score (nSPS) is 11.1. The number of nitrogens with zero attached hydrogens (tertiary/aromatic N) is 1. The molecule has 0 bridgehead atoms. The van der Waals surface area contributed by atoms with Crippen molar-refractivity contribution in [3.05, 3.63) is 212 Å². The average molecular weight is 650 g/mol. The van der Waals surface area contributed by atoms with Crippen LogP contribution in [0.1, 0.15) is 0 Å². The van der Waals surface area contributed by atoms with Gasteiger partial charge in [0, 0.05) is 22.8 Å². The molecule has 0 spiro atoms. The summed E-state index contributed by atoms with van der Waals surface area (Å²) in [6.07, 6.45) is 2.35. The predicted molar refractivity (Wildman–Crippen MR) is 216 cm³/mol. The molecule has 0 aliphatic carbocycles. The molecule has 0 radical (unpaired) electrons. The Kier molecular flexibility index (Phi) is 7.92. The van der Waals surface area contributed by atoms with E-state index in [4.69, 9.17) is 0 Å². The smallest absolute Gasteiger partial charge is 0.0535 e. The minimum Gasteiger partial charge on any atom is -0.316 e. The summed E-state index contributed by atoms with van der Waals surface area (Å²) in [7, 11) is 0. The van der Waals surface area contributed by atoms with Crippen LogP contribution < -0.4 is 0 Å². The summed E-state index contributed by atoms with van der Waals surface area (Å²) in [4.78, 5) is 0. The van der Waals surface area contributed by atoms with E-state index in [0.29, 0.717) is 0 Å². The van der Waals surface area contributed by atoms with Gasteiger partial charge >= 0.3 is 0 Å². The Hall–Kier alpha value is -6.70. The minimum absolute atomic E-state index is 1.13. The van der Waals surface area contributed by atoms with Crippen LogP contribution in [0.2, 0.25) is 0 Å². The highest BCUT2D eigenvalue weighted by atomic mass is 15.0. The second-order valence-corrected chi connectivity index (χ2v) is 13.0. The van der Waals surface area contributed by atoms with Crippen molar-refractivity contribution in [3.63, 3.8) is 0 Å². The fourth-order valence-corrected chi connectivity index (χ4v) is 7.36. The van der Waals surface area contributed by atoms with Gasteiger partial charge < -0.3 is 4.57 Å². The van der Waals surface area contributed by atoms with Gasteiger partial charge in [0.1, 0.15) is 0 Å². The molecule has 1 heteroatoms. The lowest BCUT2D eigenvalue weighted by atomic mass is 9.91. The van der Waals surface area contributed by atoms with Crippen molar-refractivity contribution in [2.75, 3.05) is 0 Å². The monoisotopic (exact) mass is 649 g/mol. The van der Waals surface area contributed by atoms with Crippen LogP contribution >= 0.6 is 0 Å². The molecule has 1 nitrogen and oxygen atoms in total. The van der Waals surface area contributed by atoms with E-state index in [1.54, 1.807) is 0 Å². The molecule has 0 amide bonds. The van der Waals surface area contributed by atoms with Crippen molar-refractivity contribution in [3.8, 4) is 72.4 Å². The molecule has 8 aromatic carbocycles. The van der Waals surface area contributed by atoms with Crippen LogP contribution in [0.5, 0.6) is 0 Å². The summed E-state index contributed by atoms with van der Waals surface area (Å²) < 4.78 is 2.39. The summed E-state index contributed by atoms with van der Waals surface area (Å²) in [5.74, 6) is 0. The van der Waals surface area contributed by atoms with Gasteiger partial charge in [-0.3, -0.25) is 0 Å². The second-order valence-electron chi connectivity index (χ2n) is 13.0. The zero-order valence-electron chi connectivity index (χ0n) is 28.2. The lowest BCUT2D eigenvalue weighted by Crippen LogP contribution is -1.94. The van der Waals surface area contributed by atoms with Crippen LogP contribution in [0.25, 0.3) is 83.4 Å². The first-order valence-electron chi connectivity index (χ1n) is 17.5. The van der Waals surface area contributed by atoms with Crippen molar-refractivity contribution in [2.24, 2.45) is 0 Å². The van der Waals surface area contributed by atoms with Crippen LogP contribution in [0.4, 0.5) is 0 Å². The standard InChI is InChI=1S/C50H35N/c1-5-17-36(18-6-1)41-31-42(37-19-7-2-8-20-37)33-43(32-41)51-35-49(47-28-16-15-26-45(47)39-23-11-4-12-24-39)48-34-40(29-30-50(48)51)46-27-14-13-25-44(46)38-21-9-3-10-22-38/h1-35H. The Labute approximate surface area is 299 Å². The molecule has 9 aromatic rings. The van der Waals surface area contributed by atoms with Gasteiger partial charge in [0.2, 0.25) is 0 Å². The largest absolute Gasteiger partial charge is 0.316 e. The van der Waals surface area contributed by atoms with Crippen LogP contribution in [0, 0.1) is 0 Å². The molecule has 51 heavy (non-hydrogen) atoms. The quantitative estimate of drug-likeness (QED) is 0.162. The van der Waals surface area contributed by atoms with E-state index in [1.807, 2.05) is 0 Å². The Balaban J connectivity index is 1.31. The number of fused-ring (bicyclic) bond motifs is 1. The number of hydrogen-bond donors (Lipinski definition) is 0. The van der Waals surface area contributed by atoms with E-state index in [1.165, 1.54) is 72.1 Å². The molecule has 1 heterocycles. The Morgan fingerprint density at radius 3 is 1.18 bits per heavy atom. The summed E-state index contributed by atoms with van der Waals surface area (Å²) in [5, 5.41) is 1.21. The van der Waals surface area contributed by atoms with Crippen molar-refractivity contribution in [1.29, 1.82) is 0 Å². The molecule has 0 aliphatic rings. The van der Waals surface area contributed by atoms with E-state index < -0.39 is 0 Å². The zero-order chi connectivity index (χ0) is 34.0. The van der Waals surface area contributed by atoms with Gasteiger partial charge in [-0.05, 0) is 91.5 Å². The van der Waals surface area contributed by atoms with E-state index in [9.17, 15) is 0 Å². The third kappa shape index (κ3) is 5.86. The van der Waals surface area contributed by atoms with Gasteiger partial charge in [-0.15, -0.1) is 0 Å². The summed E-state index contributed by atoms with van der Waals surface area (Å²) in [6.45, 7) is 0. The first-order chi connectivity index (χ1) is 25.3. The highest BCUT2D eigenvalue weighted by Gasteiger charge is 2.18. The van der Waals surface area contributed by atoms with E-state index in [0.717, 1.165) is 11.2 Å². The maximum atomic E-state index is 2.39. The molecule has 1 aromatic heterocycles. The highest BCUT2D eigenvalue weighted by molar-refractivity contribution is 6.03. The maximum absolute atomic E-state index is 2.39. The van der Waals surface area contributed by atoms with E-state index in [-0.39, 0.29) is 0 Å². The minimum atomic E-state index is 1.13. The van der Waals surface area contributed by atoms with Crippen LogP contribution in [-0.2, 0) is 0 Å². The first-order valence-corrected chi connectivity index (χ1v) is 17.5. The molecule has 0 unspecified atom stereocenters. The molecule has 0 N–H and O–H groups in total. The lowest BCUT2D eigenvalue weighted by Gasteiger charge is -2.14. The third-order valence-electron chi connectivity index (χ3n) is 9.84. The summed E-state index contributed by atoms with van der Waals surface area (Å²) in [6, 6.07) is 74.3. The Morgan fingerprint density at radius 2 is 0.667 bits per heavy atom. The fourth-order valence-electron chi connectivity index (χ4n) is 7.36. The fraction of sp³-hybridized carbons (Fsp3) is 0. The molecule has 0 atom stereocenters. The summed E-state index contributed by atoms with van der Waals surface area (Å²) >= 11 is 0. The molecule has 0 aliphatic heterocycles. The molecular weight excluding hydrogens is 615 g/mol. The van der Waals surface area contributed by atoms with Gasteiger partial charge in [-0.25, -0.2) is 0 Å². The maximum Gasteiger partial charge on any atom is 0.0535 e. The first kappa shape index (κ1) is 30.4. The molecular formula is C50H35N. The zero-order valence-corrected chi connectivity index (χ0v) is 28.2. The number of hydrogen-bond acceptors (Lipinski definition) is 0. The van der Waals surface area contributed by atoms with Gasteiger partial charge in [-0.1, -0.05) is 176 Å². The van der Waals surface area contributed by atoms with Crippen LogP contribution in [0.3, 0.4) is 0 Å². The lowest BCUT2D eigenvalue weighted by molar-refractivity contribution is 1.13. The highest BCUT2D eigenvalue weighted by Crippen LogP contribution is 2.42. The number of aromatic nitrogens is 1. The van der Waals surface area contributed by atoms with Crippen LogP contribution in [-0.4, -0.2) is 4.57 Å². The van der Waals surface area contributed by atoms with Gasteiger partial charge in [0.05, 0.1) is 5.52 Å². The van der Waals surface area contributed by atoms with Gasteiger partial charge in [0.15, 0.2) is 0 Å². The number of benzene rings is 8. The SMILES string of the molecule is c1ccc(-c2cc(-c3ccccc3)cc(-n3cc(-c4ccccc4-c4ccccc4)c4cc(-c5ccccc5-c5ccccc5)ccc43)c2)cc1. The number of rotatable bonds is 7. The molecule has 0 fully saturated rings. The molecule has 9 rings (SSSR count). The Bertz CT molecular complexity index is 2540. The van der Waals surface area contributed by atoms with Crippen molar-refractivity contribution in [1.82, 2.24) is 4.57 Å². The van der Waals surface area contributed by atoms with Crippen molar-refractivity contribution in [2.45, 2.75) is 0 Å².